The molecule has 0 aliphatic carbocycles. The molecule has 3 rings (SSSR count). The monoisotopic (exact) mass is 331 g/mol. The van der Waals surface area contributed by atoms with Crippen molar-refractivity contribution in [1.82, 2.24) is 5.32 Å². The van der Waals surface area contributed by atoms with Crippen LogP contribution >= 0.6 is 11.3 Å². The molecule has 1 aromatic heterocycles. The van der Waals surface area contributed by atoms with Gasteiger partial charge >= 0.3 is 0 Å². The van der Waals surface area contributed by atoms with Crippen molar-refractivity contribution in [2.24, 2.45) is 4.99 Å². The van der Waals surface area contributed by atoms with Crippen LogP contribution in [0.3, 0.4) is 0 Å². The summed E-state index contributed by atoms with van der Waals surface area (Å²) in [5, 5.41) is 8.72. The highest BCUT2D eigenvalue weighted by Crippen LogP contribution is 2.32. The Balaban J connectivity index is 1.65. The number of hydrogen-bond donors (Lipinski definition) is 2. The Bertz CT molecular complexity index is 697. The summed E-state index contributed by atoms with van der Waals surface area (Å²) in [6, 6.07) is 7.97. The fourth-order valence-corrected chi connectivity index (χ4v) is 3.15. The first kappa shape index (κ1) is 15.7. The number of guanidine groups is 1. The Hall–Kier alpha value is -2.21. The molecule has 2 heterocycles. The zero-order valence-corrected chi connectivity index (χ0v) is 14.2. The third-order valence-corrected chi connectivity index (χ3v) is 4.64. The van der Waals surface area contributed by atoms with Gasteiger partial charge in [-0.3, -0.25) is 4.99 Å². The topological polar surface area (TPSA) is 54.9 Å². The summed E-state index contributed by atoms with van der Waals surface area (Å²) in [7, 11) is 1.76. The van der Waals surface area contributed by atoms with E-state index in [9.17, 15) is 0 Å². The quantitative estimate of drug-likeness (QED) is 0.668. The van der Waals surface area contributed by atoms with E-state index in [1.165, 1.54) is 10.4 Å². The van der Waals surface area contributed by atoms with Gasteiger partial charge in [0.1, 0.15) is 0 Å². The summed E-state index contributed by atoms with van der Waals surface area (Å²) in [6.07, 6.45) is 0.904. The number of benzene rings is 1. The maximum atomic E-state index is 5.72. The minimum absolute atomic E-state index is 0.682. The van der Waals surface area contributed by atoms with E-state index >= 15 is 0 Å². The van der Waals surface area contributed by atoms with E-state index in [4.69, 9.17) is 9.47 Å². The molecule has 2 N–H and O–H groups in total. The summed E-state index contributed by atoms with van der Waals surface area (Å²) < 4.78 is 11.4. The van der Waals surface area contributed by atoms with Crippen LogP contribution in [0.25, 0.3) is 0 Å². The lowest BCUT2D eigenvalue weighted by Crippen LogP contribution is -2.30. The van der Waals surface area contributed by atoms with Crippen LogP contribution < -0.4 is 20.1 Å². The second-order valence-electron chi connectivity index (χ2n) is 5.29. The molecule has 0 saturated carbocycles. The zero-order chi connectivity index (χ0) is 16.1. The Labute approximate surface area is 140 Å². The number of thiophene rings is 1. The van der Waals surface area contributed by atoms with Crippen molar-refractivity contribution in [3.8, 4) is 11.5 Å². The average Bonchev–Trinajstić information content (AvgIpc) is 2.83. The van der Waals surface area contributed by atoms with Gasteiger partial charge in [-0.15, -0.1) is 11.3 Å². The van der Waals surface area contributed by atoms with Crippen LogP contribution in [0.2, 0.25) is 0 Å². The van der Waals surface area contributed by atoms with Gasteiger partial charge in [0.25, 0.3) is 0 Å². The van der Waals surface area contributed by atoms with Gasteiger partial charge in [-0.25, -0.2) is 0 Å². The number of ether oxygens (including phenoxy) is 2. The Kier molecular flexibility index (Phi) is 5.02. The second kappa shape index (κ2) is 7.37. The number of nitrogens with one attached hydrogen (secondary N) is 2. The van der Waals surface area contributed by atoms with Gasteiger partial charge in [-0.1, -0.05) is 0 Å². The second-order valence-corrected chi connectivity index (χ2v) is 6.29. The first-order valence-corrected chi connectivity index (χ1v) is 8.54. The lowest BCUT2D eigenvalue weighted by Gasteiger charge is -2.14. The van der Waals surface area contributed by atoms with E-state index in [0.29, 0.717) is 13.2 Å². The van der Waals surface area contributed by atoms with Crippen molar-refractivity contribution in [1.29, 1.82) is 0 Å². The summed E-state index contributed by atoms with van der Waals surface area (Å²) in [4.78, 5) is 5.58. The Morgan fingerprint density at radius 1 is 1.22 bits per heavy atom. The molecule has 1 aromatic carbocycles. The van der Waals surface area contributed by atoms with E-state index < -0.39 is 0 Å². The summed E-state index contributed by atoms with van der Waals surface area (Å²) >= 11 is 1.75. The average molecular weight is 331 g/mol. The predicted octanol–water partition coefficient (Wildman–Crippen LogP) is 3.41. The van der Waals surface area contributed by atoms with E-state index in [-0.39, 0.29) is 0 Å². The van der Waals surface area contributed by atoms with E-state index in [2.05, 4.69) is 34.0 Å². The molecule has 0 saturated heterocycles. The van der Waals surface area contributed by atoms with Crippen molar-refractivity contribution in [2.75, 3.05) is 25.6 Å². The number of aliphatic imine (C=N–C) groups is 1. The molecule has 0 atom stereocenters. The highest BCUT2D eigenvalue weighted by Gasteiger charge is 2.11. The third-order valence-electron chi connectivity index (χ3n) is 3.62. The highest BCUT2D eigenvalue weighted by atomic mass is 32.1. The van der Waals surface area contributed by atoms with Crippen LogP contribution in [-0.2, 0) is 6.54 Å². The number of fused-ring (bicyclic) bond motifs is 1. The lowest BCUT2D eigenvalue weighted by molar-refractivity contribution is 0.297. The van der Waals surface area contributed by atoms with Crippen LogP contribution in [0, 0.1) is 6.92 Å². The maximum absolute atomic E-state index is 5.72. The van der Waals surface area contributed by atoms with Crippen LogP contribution in [0.15, 0.2) is 34.6 Å². The molecule has 0 bridgehead atoms. The molecule has 0 amide bonds. The van der Waals surface area contributed by atoms with Crippen LogP contribution in [-0.4, -0.2) is 26.2 Å². The zero-order valence-electron chi connectivity index (χ0n) is 13.4. The fraction of sp³-hybridized carbons (Fsp3) is 0.353. The minimum Gasteiger partial charge on any atom is -0.490 e. The molecule has 0 fully saturated rings. The molecule has 5 nitrogen and oxygen atoms in total. The predicted molar refractivity (Wildman–Crippen MR) is 94.9 cm³/mol. The van der Waals surface area contributed by atoms with Crippen LogP contribution in [0.4, 0.5) is 5.69 Å². The summed E-state index contributed by atoms with van der Waals surface area (Å²) in [5.74, 6) is 2.30. The van der Waals surface area contributed by atoms with Gasteiger partial charge in [-0.2, -0.15) is 0 Å². The highest BCUT2D eigenvalue weighted by molar-refractivity contribution is 7.10. The number of nitrogens with zero attached hydrogens (tertiary/aromatic N) is 1. The first-order valence-electron chi connectivity index (χ1n) is 7.66. The standard InChI is InChI=1S/C17H21N3O2S/c1-12-6-9-23-16(12)11-19-17(18-2)20-13-4-5-14-15(10-13)22-8-3-7-21-14/h4-6,9-10H,3,7-8,11H2,1-2H3,(H2,18,19,20). The molecule has 0 unspecified atom stereocenters. The van der Waals surface area contributed by atoms with Gasteiger partial charge in [0.2, 0.25) is 0 Å². The number of anilines is 1. The molecule has 122 valence electrons. The van der Waals surface area contributed by atoms with Gasteiger partial charge in [0.05, 0.1) is 19.8 Å². The minimum atomic E-state index is 0.682. The molecular formula is C17H21N3O2S. The van der Waals surface area contributed by atoms with Crippen molar-refractivity contribution >= 4 is 23.0 Å². The lowest BCUT2D eigenvalue weighted by atomic mass is 10.2. The fourth-order valence-electron chi connectivity index (χ4n) is 2.31. The molecular weight excluding hydrogens is 310 g/mol. The van der Waals surface area contributed by atoms with Crippen LogP contribution in [0.5, 0.6) is 11.5 Å². The molecule has 2 aromatic rings. The normalized spacial score (nSPS) is 14.3. The SMILES string of the molecule is CN=C(NCc1sccc1C)Nc1ccc2c(c1)OCCCO2. The largest absolute Gasteiger partial charge is 0.490 e. The third kappa shape index (κ3) is 3.96. The van der Waals surface area contributed by atoms with E-state index in [0.717, 1.165) is 36.1 Å². The van der Waals surface area contributed by atoms with Gasteiger partial charge in [0, 0.05) is 30.1 Å². The number of aryl methyl sites for hydroxylation is 1. The van der Waals surface area contributed by atoms with E-state index in [1.807, 2.05) is 18.2 Å². The maximum Gasteiger partial charge on any atom is 0.195 e. The molecule has 6 heteroatoms. The summed E-state index contributed by atoms with van der Waals surface area (Å²) in [5.41, 5.74) is 2.22. The summed E-state index contributed by atoms with van der Waals surface area (Å²) in [6.45, 7) is 4.26. The number of rotatable bonds is 3. The first-order chi connectivity index (χ1) is 11.3. The number of hydrogen-bond acceptors (Lipinski definition) is 4. The van der Waals surface area contributed by atoms with Crippen molar-refractivity contribution in [3.05, 3.63) is 40.1 Å². The molecule has 1 aliphatic heterocycles. The molecule has 0 spiro atoms. The van der Waals surface area contributed by atoms with Crippen molar-refractivity contribution in [3.63, 3.8) is 0 Å². The van der Waals surface area contributed by atoms with Gasteiger partial charge in [-0.05, 0) is 36.1 Å². The van der Waals surface area contributed by atoms with E-state index in [1.54, 1.807) is 18.4 Å². The Morgan fingerprint density at radius 2 is 2.04 bits per heavy atom. The smallest absolute Gasteiger partial charge is 0.195 e. The van der Waals surface area contributed by atoms with Gasteiger partial charge < -0.3 is 20.1 Å². The van der Waals surface area contributed by atoms with Crippen LogP contribution in [0.1, 0.15) is 16.9 Å². The van der Waals surface area contributed by atoms with Crippen molar-refractivity contribution < 1.29 is 9.47 Å². The van der Waals surface area contributed by atoms with Crippen molar-refractivity contribution in [2.45, 2.75) is 19.9 Å². The van der Waals surface area contributed by atoms with Gasteiger partial charge in [0.15, 0.2) is 17.5 Å². The molecule has 0 radical (unpaired) electrons. The molecule has 1 aliphatic rings. The Morgan fingerprint density at radius 3 is 2.78 bits per heavy atom. The molecule has 23 heavy (non-hydrogen) atoms.